The van der Waals surface area contributed by atoms with Crippen LogP contribution in [0.15, 0.2) is 29.2 Å². The molecular weight excluding hydrogens is 214 g/mol. The van der Waals surface area contributed by atoms with Gasteiger partial charge in [0, 0.05) is 23.2 Å². The van der Waals surface area contributed by atoms with Gasteiger partial charge in [-0.25, -0.2) is 0 Å². The zero-order chi connectivity index (χ0) is 11.8. The van der Waals surface area contributed by atoms with Crippen LogP contribution in [0.4, 0.5) is 5.69 Å². The number of anilines is 1. The summed E-state index contributed by atoms with van der Waals surface area (Å²) in [6, 6.07) is 9.41. The maximum absolute atomic E-state index is 2.56. The summed E-state index contributed by atoms with van der Waals surface area (Å²) in [6.07, 6.45) is 0. The van der Waals surface area contributed by atoms with E-state index < -0.39 is 0 Å². The Kier molecular flexibility index (Phi) is 3.20. The highest BCUT2D eigenvalue weighted by Crippen LogP contribution is 2.41. The van der Waals surface area contributed by atoms with Crippen LogP contribution in [0.25, 0.3) is 0 Å². The zero-order valence-corrected chi connectivity index (χ0v) is 11.5. The fraction of sp³-hybridized carbons (Fsp3) is 0.571. The second kappa shape index (κ2) is 4.33. The molecule has 1 unspecified atom stereocenters. The summed E-state index contributed by atoms with van der Waals surface area (Å²) in [7, 11) is 0. The number of fused-ring (bicyclic) bond motifs is 1. The van der Waals surface area contributed by atoms with E-state index in [1.165, 1.54) is 16.3 Å². The molecule has 0 aliphatic carbocycles. The highest BCUT2D eigenvalue weighted by molar-refractivity contribution is 7.99. The molecule has 1 nitrogen and oxygen atoms in total. The Hall–Kier alpha value is -0.630. The Bertz CT molecular complexity index is 367. The van der Waals surface area contributed by atoms with Crippen LogP contribution in [0.1, 0.15) is 27.7 Å². The number of para-hydroxylation sites is 1. The molecule has 1 aromatic carbocycles. The predicted molar refractivity (Wildman–Crippen MR) is 73.4 cm³/mol. The molecule has 0 bridgehead atoms. The number of hydrogen-bond donors (Lipinski definition) is 0. The SMILES string of the molecule is CCN1c2ccccc2SCC1C(C)(C)C. The van der Waals surface area contributed by atoms with E-state index in [-0.39, 0.29) is 0 Å². The third kappa shape index (κ3) is 2.08. The quantitative estimate of drug-likeness (QED) is 0.723. The Balaban J connectivity index is 2.37. The second-order valence-corrected chi connectivity index (χ2v) is 6.51. The molecule has 16 heavy (non-hydrogen) atoms. The fourth-order valence-corrected chi connectivity index (χ4v) is 3.88. The van der Waals surface area contributed by atoms with E-state index in [9.17, 15) is 0 Å². The van der Waals surface area contributed by atoms with Crippen LogP contribution in [-0.2, 0) is 0 Å². The molecule has 1 aromatic rings. The van der Waals surface area contributed by atoms with E-state index in [1.54, 1.807) is 0 Å². The van der Waals surface area contributed by atoms with Gasteiger partial charge in [-0.15, -0.1) is 11.8 Å². The van der Waals surface area contributed by atoms with Gasteiger partial charge in [-0.1, -0.05) is 32.9 Å². The zero-order valence-electron chi connectivity index (χ0n) is 10.7. The maximum atomic E-state index is 2.56. The first-order valence-electron chi connectivity index (χ1n) is 6.02. The Morgan fingerprint density at radius 3 is 2.62 bits per heavy atom. The lowest BCUT2D eigenvalue weighted by Gasteiger charge is -2.44. The van der Waals surface area contributed by atoms with Gasteiger partial charge < -0.3 is 4.90 Å². The Morgan fingerprint density at radius 1 is 1.31 bits per heavy atom. The summed E-state index contributed by atoms with van der Waals surface area (Å²) in [5.41, 5.74) is 1.76. The van der Waals surface area contributed by atoms with E-state index in [2.05, 4.69) is 56.9 Å². The lowest BCUT2D eigenvalue weighted by atomic mass is 9.86. The normalized spacial score (nSPS) is 20.8. The van der Waals surface area contributed by atoms with E-state index in [1.807, 2.05) is 11.8 Å². The fourth-order valence-electron chi connectivity index (χ4n) is 2.35. The molecule has 1 atom stereocenters. The molecule has 0 radical (unpaired) electrons. The first kappa shape index (κ1) is 11.8. The van der Waals surface area contributed by atoms with Gasteiger partial charge in [-0.3, -0.25) is 0 Å². The summed E-state index contributed by atoms with van der Waals surface area (Å²) in [4.78, 5) is 4.00. The van der Waals surface area contributed by atoms with Crippen LogP contribution in [-0.4, -0.2) is 18.3 Å². The average molecular weight is 235 g/mol. The molecule has 0 saturated heterocycles. The highest BCUT2D eigenvalue weighted by Gasteiger charge is 2.33. The van der Waals surface area contributed by atoms with E-state index in [4.69, 9.17) is 0 Å². The highest BCUT2D eigenvalue weighted by atomic mass is 32.2. The number of hydrogen-bond acceptors (Lipinski definition) is 2. The monoisotopic (exact) mass is 235 g/mol. The van der Waals surface area contributed by atoms with Crippen molar-refractivity contribution in [1.82, 2.24) is 0 Å². The summed E-state index contributed by atoms with van der Waals surface area (Å²) in [5.74, 6) is 1.20. The largest absolute Gasteiger partial charge is 0.367 e. The van der Waals surface area contributed by atoms with Gasteiger partial charge in [-0.2, -0.15) is 0 Å². The minimum Gasteiger partial charge on any atom is -0.367 e. The minimum absolute atomic E-state index is 0.344. The molecule has 0 saturated carbocycles. The molecule has 0 spiro atoms. The van der Waals surface area contributed by atoms with Crippen LogP contribution in [0.3, 0.4) is 0 Å². The van der Waals surface area contributed by atoms with Crippen molar-refractivity contribution in [2.75, 3.05) is 17.2 Å². The lowest BCUT2D eigenvalue weighted by molar-refractivity contribution is 0.324. The number of nitrogens with zero attached hydrogens (tertiary/aromatic N) is 1. The second-order valence-electron chi connectivity index (χ2n) is 5.45. The first-order valence-corrected chi connectivity index (χ1v) is 7.01. The summed E-state index contributed by atoms with van der Waals surface area (Å²) >= 11 is 2.00. The van der Waals surface area contributed by atoms with Crippen molar-refractivity contribution in [3.63, 3.8) is 0 Å². The first-order chi connectivity index (χ1) is 7.54. The molecular formula is C14H21NS. The molecule has 0 fully saturated rings. The Morgan fingerprint density at radius 2 is 2.00 bits per heavy atom. The predicted octanol–water partition coefficient (Wildman–Crippen LogP) is 4.03. The van der Waals surface area contributed by atoms with Gasteiger partial charge in [0.15, 0.2) is 0 Å². The van der Waals surface area contributed by atoms with Crippen molar-refractivity contribution in [2.24, 2.45) is 5.41 Å². The van der Waals surface area contributed by atoms with E-state index in [0.717, 1.165) is 6.54 Å². The molecule has 2 heteroatoms. The van der Waals surface area contributed by atoms with Crippen molar-refractivity contribution >= 4 is 17.4 Å². The van der Waals surface area contributed by atoms with Gasteiger partial charge in [0.05, 0.1) is 5.69 Å². The van der Waals surface area contributed by atoms with Crippen LogP contribution in [0.5, 0.6) is 0 Å². The summed E-state index contributed by atoms with van der Waals surface area (Å²) in [6.45, 7) is 10.4. The van der Waals surface area contributed by atoms with Gasteiger partial charge in [0.2, 0.25) is 0 Å². The number of thioether (sulfide) groups is 1. The summed E-state index contributed by atoms with van der Waals surface area (Å²) < 4.78 is 0. The third-order valence-electron chi connectivity index (χ3n) is 3.29. The third-order valence-corrected chi connectivity index (χ3v) is 4.43. The summed E-state index contributed by atoms with van der Waals surface area (Å²) in [5, 5.41) is 0. The molecule has 0 aromatic heterocycles. The average Bonchev–Trinajstić information content (AvgIpc) is 2.26. The molecule has 88 valence electrons. The molecule has 1 aliphatic rings. The van der Waals surface area contributed by atoms with Gasteiger partial charge in [0.25, 0.3) is 0 Å². The van der Waals surface area contributed by atoms with Crippen molar-refractivity contribution in [1.29, 1.82) is 0 Å². The molecule has 1 heterocycles. The molecule has 0 N–H and O–H groups in total. The molecule has 2 rings (SSSR count). The Labute approximate surface area is 103 Å². The minimum atomic E-state index is 0.344. The van der Waals surface area contributed by atoms with Crippen LogP contribution < -0.4 is 4.90 Å². The van der Waals surface area contributed by atoms with Crippen molar-refractivity contribution in [3.8, 4) is 0 Å². The number of benzene rings is 1. The van der Waals surface area contributed by atoms with Crippen molar-refractivity contribution < 1.29 is 0 Å². The van der Waals surface area contributed by atoms with Crippen molar-refractivity contribution in [3.05, 3.63) is 24.3 Å². The van der Waals surface area contributed by atoms with Gasteiger partial charge in [-0.05, 0) is 24.5 Å². The van der Waals surface area contributed by atoms with Crippen LogP contribution >= 0.6 is 11.8 Å². The topological polar surface area (TPSA) is 3.24 Å². The standard InChI is InChI=1S/C14H21NS/c1-5-15-11-8-6-7-9-12(11)16-10-13(15)14(2,3)4/h6-9,13H,5,10H2,1-4H3. The van der Waals surface area contributed by atoms with Gasteiger partial charge >= 0.3 is 0 Å². The van der Waals surface area contributed by atoms with Crippen LogP contribution in [0.2, 0.25) is 0 Å². The van der Waals surface area contributed by atoms with E-state index >= 15 is 0 Å². The molecule has 1 aliphatic heterocycles. The smallest absolute Gasteiger partial charge is 0.0507 e. The van der Waals surface area contributed by atoms with Crippen LogP contribution in [0, 0.1) is 5.41 Å². The lowest BCUT2D eigenvalue weighted by Crippen LogP contribution is -2.47. The maximum Gasteiger partial charge on any atom is 0.0507 e. The van der Waals surface area contributed by atoms with Gasteiger partial charge in [0.1, 0.15) is 0 Å². The molecule has 0 amide bonds. The number of rotatable bonds is 1. The van der Waals surface area contributed by atoms with Crippen molar-refractivity contribution in [2.45, 2.75) is 38.6 Å². The van der Waals surface area contributed by atoms with E-state index in [0.29, 0.717) is 11.5 Å².